The smallest absolute Gasteiger partial charge is 0.274 e. The number of aryl methyl sites for hydroxylation is 1. The highest BCUT2D eigenvalue weighted by atomic mass is 16.5. The zero-order chi connectivity index (χ0) is 19.9. The van der Waals surface area contributed by atoms with Gasteiger partial charge in [-0.2, -0.15) is 0 Å². The van der Waals surface area contributed by atoms with Crippen LogP contribution in [0.2, 0.25) is 0 Å². The maximum atomic E-state index is 12.7. The molecule has 0 saturated heterocycles. The molecule has 2 aromatic carbocycles. The monoisotopic (exact) mass is 375 g/mol. The summed E-state index contributed by atoms with van der Waals surface area (Å²) in [5, 5.41) is 6.23. The van der Waals surface area contributed by atoms with E-state index >= 15 is 0 Å². The number of carbonyl (C=O) groups is 1. The largest absolute Gasteiger partial charge is 0.489 e. The van der Waals surface area contributed by atoms with Gasteiger partial charge in [-0.15, -0.1) is 0 Å². The summed E-state index contributed by atoms with van der Waals surface area (Å²) in [6.07, 6.45) is 1.65. The third-order valence-electron chi connectivity index (χ3n) is 4.07. The molecule has 0 aliphatic rings. The highest BCUT2D eigenvalue weighted by molar-refractivity contribution is 6.04. The molecule has 0 fully saturated rings. The number of rotatable bonds is 7. The molecular formula is C23H25N3O2. The van der Waals surface area contributed by atoms with E-state index in [0.29, 0.717) is 23.7 Å². The minimum Gasteiger partial charge on any atom is -0.489 e. The summed E-state index contributed by atoms with van der Waals surface area (Å²) in [7, 11) is 0. The maximum Gasteiger partial charge on any atom is 0.274 e. The minimum atomic E-state index is -0.279. The molecular weight excluding hydrogens is 350 g/mol. The van der Waals surface area contributed by atoms with Crippen LogP contribution < -0.4 is 15.4 Å². The third-order valence-corrected chi connectivity index (χ3v) is 4.07. The number of aromatic nitrogens is 1. The van der Waals surface area contributed by atoms with Gasteiger partial charge in [-0.3, -0.25) is 9.78 Å². The van der Waals surface area contributed by atoms with Crippen molar-refractivity contribution >= 4 is 17.3 Å². The Balaban J connectivity index is 1.69. The molecule has 0 radical (unpaired) electrons. The van der Waals surface area contributed by atoms with Crippen molar-refractivity contribution in [3.63, 3.8) is 0 Å². The SMILES string of the molecule is Cc1cccc(CNc2ccnc(C(=O)Nc3ccccc3OC(C)C)c2)c1. The topological polar surface area (TPSA) is 63.2 Å². The average Bonchev–Trinajstić information content (AvgIpc) is 2.68. The van der Waals surface area contributed by atoms with Crippen molar-refractivity contribution in [2.45, 2.75) is 33.4 Å². The second-order valence-corrected chi connectivity index (χ2v) is 6.89. The van der Waals surface area contributed by atoms with Crippen molar-refractivity contribution in [3.05, 3.63) is 83.7 Å². The maximum absolute atomic E-state index is 12.7. The first-order chi connectivity index (χ1) is 13.5. The summed E-state index contributed by atoms with van der Waals surface area (Å²) in [5.41, 5.74) is 4.21. The molecule has 0 aliphatic carbocycles. The summed E-state index contributed by atoms with van der Waals surface area (Å²) in [5.74, 6) is 0.360. The van der Waals surface area contributed by atoms with Gasteiger partial charge < -0.3 is 15.4 Å². The van der Waals surface area contributed by atoms with Gasteiger partial charge in [-0.1, -0.05) is 42.0 Å². The quantitative estimate of drug-likeness (QED) is 0.607. The number of anilines is 2. The first kappa shape index (κ1) is 19.4. The van der Waals surface area contributed by atoms with Crippen molar-refractivity contribution in [3.8, 4) is 5.75 Å². The lowest BCUT2D eigenvalue weighted by atomic mass is 10.1. The summed E-state index contributed by atoms with van der Waals surface area (Å²) >= 11 is 0. The van der Waals surface area contributed by atoms with Gasteiger partial charge in [0.2, 0.25) is 0 Å². The Bertz CT molecular complexity index is 954. The van der Waals surface area contributed by atoms with E-state index in [0.717, 1.165) is 5.69 Å². The van der Waals surface area contributed by atoms with E-state index in [9.17, 15) is 4.79 Å². The molecule has 2 N–H and O–H groups in total. The first-order valence-electron chi connectivity index (χ1n) is 9.34. The Morgan fingerprint density at radius 1 is 1.07 bits per heavy atom. The number of para-hydroxylation sites is 2. The van der Waals surface area contributed by atoms with Gasteiger partial charge in [0, 0.05) is 18.4 Å². The summed E-state index contributed by atoms with van der Waals surface area (Å²) in [4.78, 5) is 16.9. The van der Waals surface area contributed by atoms with E-state index in [1.54, 1.807) is 12.3 Å². The van der Waals surface area contributed by atoms with Crippen LogP contribution in [0.3, 0.4) is 0 Å². The second kappa shape index (κ2) is 9.04. The van der Waals surface area contributed by atoms with Crippen LogP contribution in [0.15, 0.2) is 66.9 Å². The molecule has 0 bridgehead atoms. The van der Waals surface area contributed by atoms with E-state index in [-0.39, 0.29) is 12.0 Å². The number of pyridine rings is 1. The van der Waals surface area contributed by atoms with Crippen LogP contribution in [0.4, 0.5) is 11.4 Å². The van der Waals surface area contributed by atoms with Crippen LogP contribution >= 0.6 is 0 Å². The van der Waals surface area contributed by atoms with Crippen molar-refractivity contribution in [1.29, 1.82) is 0 Å². The number of hydrogen-bond donors (Lipinski definition) is 2. The zero-order valence-corrected chi connectivity index (χ0v) is 16.4. The highest BCUT2D eigenvalue weighted by Gasteiger charge is 2.12. The molecule has 1 amide bonds. The fraction of sp³-hybridized carbons (Fsp3) is 0.217. The van der Waals surface area contributed by atoms with Crippen LogP contribution in [-0.2, 0) is 6.54 Å². The van der Waals surface area contributed by atoms with Gasteiger partial charge in [0.15, 0.2) is 0 Å². The molecule has 28 heavy (non-hydrogen) atoms. The molecule has 0 atom stereocenters. The van der Waals surface area contributed by atoms with E-state index < -0.39 is 0 Å². The molecule has 1 heterocycles. The molecule has 0 spiro atoms. The van der Waals surface area contributed by atoms with Crippen molar-refractivity contribution < 1.29 is 9.53 Å². The second-order valence-electron chi connectivity index (χ2n) is 6.89. The van der Waals surface area contributed by atoms with Gasteiger partial charge in [0.1, 0.15) is 11.4 Å². The zero-order valence-electron chi connectivity index (χ0n) is 16.4. The van der Waals surface area contributed by atoms with Crippen molar-refractivity contribution in [2.24, 2.45) is 0 Å². The van der Waals surface area contributed by atoms with Crippen molar-refractivity contribution in [2.75, 3.05) is 10.6 Å². The average molecular weight is 375 g/mol. The highest BCUT2D eigenvalue weighted by Crippen LogP contribution is 2.25. The van der Waals surface area contributed by atoms with E-state index in [4.69, 9.17) is 4.74 Å². The number of amides is 1. The molecule has 0 aliphatic heterocycles. The van der Waals surface area contributed by atoms with E-state index in [2.05, 4.69) is 40.7 Å². The van der Waals surface area contributed by atoms with Crippen LogP contribution in [-0.4, -0.2) is 17.0 Å². The standard InChI is InChI=1S/C23H25N3O2/c1-16(2)28-22-10-5-4-9-20(22)26-23(27)21-14-19(11-12-24-21)25-15-18-8-6-7-17(3)13-18/h4-14,16H,15H2,1-3H3,(H,24,25)(H,26,27). The van der Waals surface area contributed by atoms with Crippen LogP contribution in [0.5, 0.6) is 5.75 Å². The minimum absolute atomic E-state index is 0.0188. The Labute approximate surface area is 165 Å². The summed E-state index contributed by atoms with van der Waals surface area (Å²) < 4.78 is 5.76. The molecule has 144 valence electrons. The lowest BCUT2D eigenvalue weighted by Crippen LogP contribution is -2.16. The number of nitrogens with one attached hydrogen (secondary N) is 2. The Kier molecular flexibility index (Phi) is 6.27. The molecule has 5 nitrogen and oxygen atoms in total. The number of benzene rings is 2. The van der Waals surface area contributed by atoms with Gasteiger partial charge >= 0.3 is 0 Å². The first-order valence-corrected chi connectivity index (χ1v) is 9.34. The Morgan fingerprint density at radius 2 is 1.89 bits per heavy atom. The van der Waals surface area contributed by atoms with Gasteiger partial charge in [-0.25, -0.2) is 0 Å². The lowest BCUT2D eigenvalue weighted by Gasteiger charge is -2.15. The predicted molar refractivity (Wildman–Crippen MR) is 113 cm³/mol. The van der Waals surface area contributed by atoms with Crippen LogP contribution in [0.25, 0.3) is 0 Å². The molecule has 3 rings (SSSR count). The number of nitrogens with zero attached hydrogens (tertiary/aromatic N) is 1. The third kappa shape index (κ3) is 5.33. The molecule has 1 aromatic heterocycles. The molecule has 5 heteroatoms. The predicted octanol–water partition coefficient (Wildman–Crippen LogP) is 5.04. The summed E-state index contributed by atoms with van der Waals surface area (Å²) in [6.45, 7) is 6.64. The fourth-order valence-electron chi connectivity index (χ4n) is 2.80. The Hall–Kier alpha value is -3.34. The lowest BCUT2D eigenvalue weighted by molar-refractivity contribution is 0.102. The van der Waals surface area contributed by atoms with Gasteiger partial charge in [-0.05, 0) is 50.6 Å². The number of ether oxygens (including phenoxy) is 1. The summed E-state index contributed by atoms with van der Waals surface area (Å²) in [6, 6.07) is 19.3. The molecule has 3 aromatic rings. The van der Waals surface area contributed by atoms with Gasteiger partial charge in [0.05, 0.1) is 11.8 Å². The van der Waals surface area contributed by atoms with Gasteiger partial charge in [0.25, 0.3) is 5.91 Å². The fourth-order valence-corrected chi connectivity index (χ4v) is 2.80. The Morgan fingerprint density at radius 3 is 2.68 bits per heavy atom. The van der Waals surface area contributed by atoms with E-state index in [1.807, 2.05) is 50.2 Å². The molecule has 0 saturated carbocycles. The van der Waals surface area contributed by atoms with Crippen molar-refractivity contribution in [1.82, 2.24) is 4.98 Å². The van der Waals surface area contributed by atoms with Crippen LogP contribution in [0, 0.1) is 6.92 Å². The number of carbonyl (C=O) groups excluding carboxylic acids is 1. The van der Waals surface area contributed by atoms with Crippen LogP contribution in [0.1, 0.15) is 35.5 Å². The van der Waals surface area contributed by atoms with E-state index in [1.165, 1.54) is 11.1 Å². The normalized spacial score (nSPS) is 10.6. The number of hydrogen-bond acceptors (Lipinski definition) is 4. The molecule has 0 unspecified atom stereocenters.